The second-order valence-corrected chi connectivity index (χ2v) is 6.45. The number of hydrogen-bond donors (Lipinski definition) is 3. The highest BCUT2D eigenvalue weighted by atomic mass is 16.4. The molecule has 1 saturated heterocycles. The third kappa shape index (κ3) is 4.59. The fourth-order valence-electron chi connectivity index (χ4n) is 3.25. The molecule has 1 aromatic heterocycles. The zero-order valence-electron chi connectivity index (χ0n) is 15.1. The van der Waals surface area contributed by atoms with Gasteiger partial charge in [-0.15, -0.1) is 0 Å². The molecule has 136 valence electrons. The first kappa shape index (κ1) is 19.0. The minimum absolute atomic E-state index is 0.155. The van der Waals surface area contributed by atoms with Crippen molar-refractivity contribution in [3.05, 3.63) is 23.2 Å². The topological polar surface area (TPSA) is 77.7 Å². The van der Waals surface area contributed by atoms with Crippen molar-refractivity contribution in [2.45, 2.75) is 33.7 Å². The van der Waals surface area contributed by atoms with Gasteiger partial charge in [-0.25, -0.2) is 0 Å². The average molecular weight is 337 g/mol. The Kier molecular flexibility index (Phi) is 7.27. The largest absolute Gasteiger partial charge is 0.456 e. The number of nitrogens with zero attached hydrogens (tertiary/aromatic N) is 1. The molecule has 0 unspecified atom stereocenters. The number of aryl methyl sites for hydroxylation is 1. The Bertz CT molecular complexity index is 526. The summed E-state index contributed by atoms with van der Waals surface area (Å²) < 4.78 is 5.78. The van der Waals surface area contributed by atoms with E-state index in [-0.39, 0.29) is 24.3 Å². The van der Waals surface area contributed by atoms with Crippen molar-refractivity contribution < 1.29 is 14.3 Å². The number of aliphatic hydroxyl groups excluding tert-OH is 1. The summed E-state index contributed by atoms with van der Waals surface area (Å²) in [6.45, 7) is 11.4. The third-order valence-electron chi connectivity index (χ3n) is 4.97. The van der Waals surface area contributed by atoms with Crippen molar-refractivity contribution in [3.63, 3.8) is 0 Å². The molecule has 0 radical (unpaired) electrons. The molecular formula is C18H31N3O3. The Morgan fingerprint density at radius 1 is 1.33 bits per heavy atom. The number of hydrogen-bond acceptors (Lipinski definition) is 5. The van der Waals surface area contributed by atoms with E-state index in [1.54, 1.807) is 0 Å². The monoisotopic (exact) mass is 337 g/mol. The Morgan fingerprint density at radius 3 is 2.67 bits per heavy atom. The molecule has 1 aliphatic heterocycles. The number of amides is 1. The predicted molar refractivity (Wildman–Crippen MR) is 94.0 cm³/mol. The number of furan rings is 1. The molecule has 0 aromatic carbocycles. The maximum atomic E-state index is 12.4. The smallest absolute Gasteiger partial charge is 0.287 e. The molecule has 1 aliphatic rings. The first-order chi connectivity index (χ1) is 11.6. The molecule has 24 heavy (non-hydrogen) atoms. The Balaban J connectivity index is 1.97. The second kappa shape index (κ2) is 9.20. The lowest BCUT2D eigenvalue weighted by molar-refractivity contribution is 0.0911. The van der Waals surface area contributed by atoms with Crippen LogP contribution in [-0.4, -0.2) is 55.2 Å². The van der Waals surface area contributed by atoms with Gasteiger partial charge in [-0.05, 0) is 25.1 Å². The SMILES string of the molecule is CCc1oc(C(=O)NC[C@H]2CNC[C@@H]2CO)cc1CN(CC)CC. The second-order valence-electron chi connectivity index (χ2n) is 6.45. The van der Waals surface area contributed by atoms with Gasteiger partial charge in [-0.3, -0.25) is 9.69 Å². The van der Waals surface area contributed by atoms with Crippen LogP contribution >= 0.6 is 0 Å². The van der Waals surface area contributed by atoms with E-state index in [2.05, 4.69) is 29.4 Å². The van der Waals surface area contributed by atoms with Crippen LogP contribution in [-0.2, 0) is 13.0 Å². The van der Waals surface area contributed by atoms with Crippen molar-refractivity contribution in [3.8, 4) is 0 Å². The molecule has 0 spiro atoms. The fraction of sp³-hybridized carbons (Fsp3) is 0.722. The van der Waals surface area contributed by atoms with Gasteiger partial charge in [0.25, 0.3) is 5.91 Å². The van der Waals surface area contributed by atoms with Crippen molar-refractivity contribution in [2.75, 3.05) is 39.3 Å². The molecule has 1 aromatic rings. The number of carbonyl (C=O) groups is 1. The van der Waals surface area contributed by atoms with Crippen molar-refractivity contribution in [2.24, 2.45) is 11.8 Å². The van der Waals surface area contributed by atoms with Gasteiger partial charge < -0.3 is 20.2 Å². The standard InChI is InChI=1S/C18H31N3O3/c1-4-16-13(11-21(5-2)6-3)7-17(24-16)18(23)20-10-14-8-19-9-15(14)12-22/h7,14-15,19,22H,4-6,8-12H2,1-3H3,(H,20,23)/t14-,15-/m1/s1. The molecule has 6 nitrogen and oxygen atoms in total. The molecule has 6 heteroatoms. The van der Waals surface area contributed by atoms with E-state index in [0.717, 1.165) is 50.5 Å². The number of aliphatic hydroxyl groups is 1. The van der Waals surface area contributed by atoms with Gasteiger partial charge in [0.2, 0.25) is 0 Å². The van der Waals surface area contributed by atoms with E-state index in [4.69, 9.17) is 4.42 Å². The predicted octanol–water partition coefficient (Wildman–Crippen LogP) is 1.24. The summed E-state index contributed by atoms with van der Waals surface area (Å²) in [5, 5.41) is 15.6. The van der Waals surface area contributed by atoms with Gasteiger partial charge in [0.1, 0.15) is 5.76 Å². The lowest BCUT2D eigenvalue weighted by Gasteiger charge is -2.17. The Labute approximate surface area is 144 Å². The lowest BCUT2D eigenvalue weighted by atomic mass is 9.97. The summed E-state index contributed by atoms with van der Waals surface area (Å²) in [6, 6.07) is 1.88. The summed E-state index contributed by atoms with van der Waals surface area (Å²) in [5.41, 5.74) is 1.10. The highest BCUT2D eigenvalue weighted by Crippen LogP contribution is 2.19. The molecule has 0 aliphatic carbocycles. The van der Waals surface area contributed by atoms with Crippen LogP contribution < -0.4 is 10.6 Å². The van der Waals surface area contributed by atoms with Crippen LogP contribution in [0.15, 0.2) is 10.5 Å². The van der Waals surface area contributed by atoms with Gasteiger partial charge in [-0.2, -0.15) is 0 Å². The highest BCUT2D eigenvalue weighted by Gasteiger charge is 2.27. The lowest BCUT2D eigenvalue weighted by Crippen LogP contribution is -2.33. The minimum Gasteiger partial charge on any atom is -0.456 e. The molecular weight excluding hydrogens is 306 g/mol. The summed E-state index contributed by atoms with van der Waals surface area (Å²) in [6.07, 6.45) is 0.781. The number of nitrogens with one attached hydrogen (secondary N) is 2. The van der Waals surface area contributed by atoms with Gasteiger partial charge in [-0.1, -0.05) is 20.8 Å². The zero-order chi connectivity index (χ0) is 17.5. The van der Waals surface area contributed by atoms with Crippen LogP contribution in [0, 0.1) is 11.8 Å². The van der Waals surface area contributed by atoms with Gasteiger partial charge in [0.15, 0.2) is 5.76 Å². The van der Waals surface area contributed by atoms with Gasteiger partial charge >= 0.3 is 0 Å². The molecule has 2 atom stereocenters. The summed E-state index contributed by atoms with van der Waals surface area (Å²) in [7, 11) is 0. The van der Waals surface area contributed by atoms with Crippen LogP contribution in [0.3, 0.4) is 0 Å². The molecule has 0 saturated carbocycles. The van der Waals surface area contributed by atoms with Gasteiger partial charge in [0.05, 0.1) is 0 Å². The Morgan fingerprint density at radius 2 is 2.04 bits per heavy atom. The van der Waals surface area contributed by atoms with Crippen LogP contribution in [0.2, 0.25) is 0 Å². The summed E-state index contributed by atoms with van der Waals surface area (Å²) >= 11 is 0. The van der Waals surface area contributed by atoms with E-state index < -0.39 is 0 Å². The maximum absolute atomic E-state index is 12.4. The van der Waals surface area contributed by atoms with Crippen LogP contribution in [0.5, 0.6) is 0 Å². The fourth-order valence-corrected chi connectivity index (χ4v) is 3.25. The zero-order valence-corrected chi connectivity index (χ0v) is 15.1. The molecule has 2 heterocycles. The van der Waals surface area contributed by atoms with E-state index in [9.17, 15) is 9.90 Å². The van der Waals surface area contributed by atoms with Crippen molar-refractivity contribution in [1.29, 1.82) is 0 Å². The first-order valence-electron chi connectivity index (χ1n) is 9.06. The number of carbonyl (C=O) groups excluding carboxylic acids is 1. The molecule has 3 N–H and O–H groups in total. The summed E-state index contributed by atoms with van der Waals surface area (Å²) in [4.78, 5) is 14.7. The normalized spacial score (nSPS) is 20.7. The maximum Gasteiger partial charge on any atom is 0.287 e. The van der Waals surface area contributed by atoms with Gasteiger partial charge in [0, 0.05) is 50.7 Å². The van der Waals surface area contributed by atoms with Crippen molar-refractivity contribution >= 4 is 5.91 Å². The van der Waals surface area contributed by atoms with Crippen LogP contribution in [0.4, 0.5) is 0 Å². The van der Waals surface area contributed by atoms with Crippen LogP contribution in [0.1, 0.15) is 42.6 Å². The van der Waals surface area contributed by atoms with E-state index >= 15 is 0 Å². The van der Waals surface area contributed by atoms with E-state index in [1.807, 2.05) is 13.0 Å². The molecule has 1 fully saturated rings. The molecule has 0 bridgehead atoms. The minimum atomic E-state index is -0.168. The number of rotatable bonds is 9. The molecule has 2 rings (SSSR count). The third-order valence-corrected chi connectivity index (χ3v) is 4.97. The van der Waals surface area contributed by atoms with Crippen molar-refractivity contribution in [1.82, 2.24) is 15.5 Å². The first-order valence-corrected chi connectivity index (χ1v) is 9.06. The molecule has 1 amide bonds. The Hall–Kier alpha value is -1.37. The average Bonchev–Trinajstić information content (AvgIpc) is 3.23. The van der Waals surface area contributed by atoms with Crippen LogP contribution in [0.25, 0.3) is 0 Å². The van der Waals surface area contributed by atoms with E-state index in [1.165, 1.54) is 0 Å². The van der Waals surface area contributed by atoms with E-state index in [0.29, 0.717) is 12.3 Å². The quantitative estimate of drug-likeness (QED) is 0.632. The summed E-state index contributed by atoms with van der Waals surface area (Å²) in [5.74, 6) is 1.60. The highest BCUT2D eigenvalue weighted by molar-refractivity contribution is 5.91.